The molecular formula is C19H18F2N2O2. The molecule has 0 bridgehead atoms. The minimum Gasteiger partial charge on any atom is -0.334 e. The zero-order chi connectivity index (χ0) is 18.0. The van der Waals surface area contributed by atoms with Crippen molar-refractivity contribution >= 4 is 11.8 Å². The summed E-state index contributed by atoms with van der Waals surface area (Å²) in [5.74, 6) is -2.07. The smallest absolute Gasteiger partial charge is 0.257 e. The first-order valence-corrected chi connectivity index (χ1v) is 8.04. The van der Waals surface area contributed by atoms with E-state index in [1.165, 1.54) is 11.8 Å². The van der Waals surface area contributed by atoms with Crippen molar-refractivity contribution in [1.82, 2.24) is 9.80 Å². The number of rotatable bonds is 2. The summed E-state index contributed by atoms with van der Waals surface area (Å²) >= 11 is 0. The third-order valence-corrected chi connectivity index (χ3v) is 4.42. The van der Waals surface area contributed by atoms with Crippen molar-refractivity contribution in [1.29, 1.82) is 0 Å². The topological polar surface area (TPSA) is 40.6 Å². The maximum atomic E-state index is 13.9. The van der Waals surface area contributed by atoms with Gasteiger partial charge in [0.05, 0.1) is 11.6 Å². The summed E-state index contributed by atoms with van der Waals surface area (Å²) in [7, 11) is 0. The summed E-state index contributed by atoms with van der Waals surface area (Å²) in [5.41, 5.74) is 0.609. The second-order valence-electron chi connectivity index (χ2n) is 6.01. The first kappa shape index (κ1) is 17.1. The normalized spacial score (nSPS) is 17.5. The summed E-state index contributed by atoms with van der Waals surface area (Å²) in [5, 5.41) is 0. The molecule has 0 aliphatic carbocycles. The van der Waals surface area contributed by atoms with Gasteiger partial charge in [-0.2, -0.15) is 0 Å². The molecule has 2 aromatic carbocycles. The standard InChI is InChI=1S/C19H18F2N2O2/c1-13(24)23-10-9-22(12-18(23)14-5-3-2-4-6-14)19(25)16-11-15(20)7-8-17(16)21/h2-8,11,18H,9-10,12H2,1H3. The van der Waals surface area contributed by atoms with Crippen molar-refractivity contribution in [3.8, 4) is 0 Å². The number of halogens is 2. The number of carbonyl (C=O) groups is 2. The molecule has 0 radical (unpaired) electrons. The Morgan fingerprint density at radius 1 is 1.04 bits per heavy atom. The van der Waals surface area contributed by atoms with Gasteiger partial charge in [0.15, 0.2) is 0 Å². The third kappa shape index (κ3) is 3.52. The van der Waals surface area contributed by atoms with Crippen LogP contribution in [0.4, 0.5) is 8.78 Å². The lowest BCUT2D eigenvalue weighted by Crippen LogP contribution is -2.52. The highest BCUT2D eigenvalue weighted by Crippen LogP contribution is 2.27. The SMILES string of the molecule is CC(=O)N1CCN(C(=O)c2cc(F)ccc2F)CC1c1ccccc1. The molecule has 0 spiro atoms. The Balaban J connectivity index is 1.88. The van der Waals surface area contributed by atoms with E-state index in [-0.39, 0.29) is 30.6 Å². The summed E-state index contributed by atoms with van der Waals surface area (Å²) in [6.07, 6.45) is 0. The van der Waals surface area contributed by atoms with Gasteiger partial charge in [-0.3, -0.25) is 9.59 Å². The van der Waals surface area contributed by atoms with Gasteiger partial charge < -0.3 is 9.80 Å². The zero-order valence-electron chi connectivity index (χ0n) is 13.8. The molecule has 2 aromatic rings. The molecule has 0 aromatic heterocycles. The molecule has 1 atom stereocenters. The number of carbonyl (C=O) groups excluding carboxylic acids is 2. The minimum absolute atomic E-state index is 0.0853. The van der Waals surface area contributed by atoms with Gasteiger partial charge >= 0.3 is 0 Å². The largest absolute Gasteiger partial charge is 0.334 e. The fourth-order valence-electron chi connectivity index (χ4n) is 3.14. The molecule has 0 saturated carbocycles. The lowest BCUT2D eigenvalue weighted by atomic mass is 10.0. The van der Waals surface area contributed by atoms with Gasteiger partial charge in [0.25, 0.3) is 5.91 Å². The molecule has 4 nitrogen and oxygen atoms in total. The van der Waals surface area contributed by atoms with Crippen molar-refractivity contribution in [3.05, 3.63) is 71.3 Å². The predicted molar refractivity (Wildman–Crippen MR) is 88.8 cm³/mol. The average Bonchev–Trinajstić information content (AvgIpc) is 2.63. The Bertz CT molecular complexity index is 795. The first-order chi connectivity index (χ1) is 12.0. The van der Waals surface area contributed by atoms with E-state index < -0.39 is 17.5 Å². The van der Waals surface area contributed by atoms with E-state index in [1.807, 2.05) is 30.3 Å². The fraction of sp³-hybridized carbons (Fsp3) is 0.263. The van der Waals surface area contributed by atoms with E-state index >= 15 is 0 Å². The van der Waals surface area contributed by atoms with E-state index in [9.17, 15) is 18.4 Å². The first-order valence-electron chi connectivity index (χ1n) is 8.04. The molecule has 25 heavy (non-hydrogen) atoms. The van der Waals surface area contributed by atoms with Crippen LogP contribution in [0.3, 0.4) is 0 Å². The van der Waals surface area contributed by atoms with Crippen molar-refractivity contribution in [2.24, 2.45) is 0 Å². The lowest BCUT2D eigenvalue weighted by Gasteiger charge is -2.41. The van der Waals surface area contributed by atoms with Gasteiger partial charge in [0, 0.05) is 26.6 Å². The molecule has 1 saturated heterocycles. The highest BCUT2D eigenvalue weighted by atomic mass is 19.1. The van der Waals surface area contributed by atoms with Crippen molar-refractivity contribution in [2.45, 2.75) is 13.0 Å². The molecule has 1 fully saturated rings. The van der Waals surface area contributed by atoms with Gasteiger partial charge in [-0.05, 0) is 23.8 Å². The van der Waals surface area contributed by atoms with Crippen LogP contribution in [0.25, 0.3) is 0 Å². The molecule has 1 unspecified atom stereocenters. The van der Waals surface area contributed by atoms with Crippen LogP contribution < -0.4 is 0 Å². The van der Waals surface area contributed by atoms with Crippen LogP contribution in [-0.2, 0) is 4.79 Å². The maximum absolute atomic E-state index is 13.9. The molecule has 6 heteroatoms. The van der Waals surface area contributed by atoms with Crippen molar-refractivity contribution in [3.63, 3.8) is 0 Å². The Morgan fingerprint density at radius 2 is 1.76 bits per heavy atom. The number of piperazine rings is 1. The minimum atomic E-state index is -0.753. The number of nitrogens with zero attached hydrogens (tertiary/aromatic N) is 2. The van der Waals surface area contributed by atoms with E-state index in [0.717, 1.165) is 23.8 Å². The summed E-state index contributed by atoms with van der Waals surface area (Å²) in [6.45, 7) is 2.34. The highest BCUT2D eigenvalue weighted by Gasteiger charge is 2.33. The summed E-state index contributed by atoms with van der Waals surface area (Å²) < 4.78 is 27.3. The molecule has 1 aliphatic rings. The molecule has 130 valence electrons. The number of hydrogen-bond acceptors (Lipinski definition) is 2. The molecule has 2 amide bonds. The van der Waals surface area contributed by atoms with Gasteiger partial charge in [-0.1, -0.05) is 30.3 Å². The number of hydrogen-bond donors (Lipinski definition) is 0. The second-order valence-corrected chi connectivity index (χ2v) is 6.01. The molecule has 1 aliphatic heterocycles. The Hall–Kier alpha value is -2.76. The van der Waals surface area contributed by atoms with E-state index in [2.05, 4.69) is 0 Å². The molecular weight excluding hydrogens is 326 g/mol. The van der Waals surface area contributed by atoms with Crippen molar-refractivity contribution < 1.29 is 18.4 Å². The lowest BCUT2D eigenvalue weighted by molar-refractivity contribution is -0.133. The second kappa shape index (κ2) is 7.01. The van der Waals surface area contributed by atoms with Gasteiger partial charge in [-0.25, -0.2) is 8.78 Å². The summed E-state index contributed by atoms with van der Waals surface area (Å²) in [4.78, 5) is 27.7. The number of benzene rings is 2. The predicted octanol–water partition coefficient (Wildman–Crippen LogP) is 3.01. The van der Waals surface area contributed by atoms with Crippen LogP contribution >= 0.6 is 0 Å². The van der Waals surface area contributed by atoms with Gasteiger partial charge in [0.1, 0.15) is 11.6 Å². The van der Waals surface area contributed by atoms with Gasteiger partial charge in [0.2, 0.25) is 5.91 Å². The number of amides is 2. The van der Waals surface area contributed by atoms with E-state index in [0.29, 0.717) is 6.54 Å². The highest BCUT2D eigenvalue weighted by molar-refractivity contribution is 5.94. The zero-order valence-corrected chi connectivity index (χ0v) is 13.8. The average molecular weight is 344 g/mol. The molecule has 3 rings (SSSR count). The third-order valence-electron chi connectivity index (χ3n) is 4.42. The van der Waals surface area contributed by atoms with Gasteiger partial charge in [-0.15, -0.1) is 0 Å². The fourth-order valence-corrected chi connectivity index (χ4v) is 3.14. The monoisotopic (exact) mass is 344 g/mol. The van der Waals surface area contributed by atoms with Crippen LogP contribution in [0.1, 0.15) is 28.9 Å². The van der Waals surface area contributed by atoms with Crippen LogP contribution in [0.2, 0.25) is 0 Å². The van der Waals surface area contributed by atoms with Crippen LogP contribution in [0, 0.1) is 11.6 Å². The van der Waals surface area contributed by atoms with E-state index in [4.69, 9.17) is 0 Å². The Kier molecular flexibility index (Phi) is 4.79. The maximum Gasteiger partial charge on any atom is 0.257 e. The molecule has 0 N–H and O–H groups in total. The Morgan fingerprint density at radius 3 is 2.44 bits per heavy atom. The quantitative estimate of drug-likeness (QED) is 0.840. The van der Waals surface area contributed by atoms with Crippen LogP contribution in [0.5, 0.6) is 0 Å². The van der Waals surface area contributed by atoms with Crippen molar-refractivity contribution in [2.75, 3.05) is 19.6 Å². The van der Waals surface area contributed by atoms with Crippen LogP contribution in [0.15, 0.2) is 48.5 Å². The van der Waals surface area contributed by atoms with Crippen LogP contribution in [-0.4, -0.2) is 41.2 Å². The summed E-state index contributed by atoms with van der Waals surface area (Å²) in [6, 6.07) is 11.9. The van der Waals surface area contributed by atoms with E-state index in [1.54, 1.807) is 4.90 Å². The Labute approximate surface area is 144 Å². The molecule has 1 heterocycles.